The van der Waals surface area contributed by atoms with Crippen LogP contribution in [0.3, 0.4) is 0 Å². The molecule has 3 aromatic rings. The highest BCUT2D eigenvalue weighted by Gasteiger charge is 2.31. The smallest absolute Gasteiger partial charge is 0.325 e. The molecule has 0 aliphatic carbocycles. The zero-order valence-electron chi connectivity index (χ0n) is 16.7. The maximum absolute atomic E-state index is 12.8. The molecule has 0 radical (unpaired) electrons. The number of hydrogen-bond donors (Lipinski definition) is 1. The third-order valence-electron chi connectivity index (χ3n) is 5.19. The molecule has 1 N–H and O–H groups in total. The van der Waals surface area contributed by atoms with E-state index in [-0.39, 0.29) is 18.5 Å². The molecule has 0 bridgehead atoms. The van der Waals surface area contributed by atoms with Crippen LogP contribution in [0.15, 0.2) is 60.9 Å². The van der Waals surface area contributed by atoms with Crippen LogP contribution in [-0.4, -0.2) is 59.5 Å². The largest absolute Gasteiger partial charge is 0.486 e. The molecule has 9 heteroatoms. The number of ether oxygens (including phenoxy) is 2. The number of benzene rings is 2. The van der Waals surface area contributed by atoms with Crippen molar-refractivity contribution in [1.82, 2.24) is 14.7 Å². The summed E-state index contributed by atoms with van der Waals surface area (Å²) in [7, 11) is 0. The molecule has 0 spiro atoms. The van der Waals surface area contributed by atoms with Crippen LogP contribution >= 0.6 is 0 Å². The Balaban J connectivity index is 1.20. The van der Waals surface area contributed by atoms with Gasteiger partial charge in [0.15, 0.2) is 11.5 Å². The van der Waals surface area contributed by atoms with Crippen molar-refractivity contribution in [2.75, 3.05) is 43.1 Å². The predicted octanol–water partition coefficient (Wildman–Crippen LogP) is 2.52. The van der Waals surface area contributed by atoms with E-state index in [2.05, 4.69) is 10.4 Å². The molecule has 2 aliphatic rings. The van der Waals surface area contributed by atoms with Crippen molar-refractivity contribution in [3.63, 3.8) is 0 Å². The van der Waals surface area contributed by atoms with Crippen molar-refractivity contribution >= 4 is 23.3 Å². The van der Waals surface area contributed by atoms with E-state index in [0.29, 0.717) is 43.5 Å². The summed E-state index contributed by atoms with van der Waals surface area (Å²) in [5.41, 5.74) is 2.29. The second kappa shape index (κ2) is 8.02. The molecule has 1 saturated heterocycles. The fourth-order valence-corrected chi connectivity index (χ4v) is 3.66. The molecule has 158 valence electrons. The fraction of sp³-hybridized carbons (Fsp3) is 0.227. The van der Waals surface area contributed by atoms with Crippen LogP contribution in [0.5, 0.6) is 11.5 Å². The number of carbonyl (C=O) groups excluding carboxylic acids is 2. The van der Waals surface area contributed by atoms with Gasteiger partial charge in [0.1, 0.15) is 19.8 Å². The second-order valence-electron chi connectivity index (χ2n) is 7.23. The molecule has 5 rings (SSSR count). The number of fused-ring (bicyclic) bond motifs is 1. The van der Waals surface area contributed by atoms with Gasteiger partial charge in [0, 0.05) is 42.9 Å². The molecule has 0 unspecified atom stereocenters. The van der Waals surface area contributed by atoms with Crippen molar-refractivity contribution in [1.29, 1.82) is 0 Å². The molecule has 1 fully saturated rings. The fourth-order valence-electron chi connectivity index (χ4n) is 3.66. The molecular formula is C22H21N5O4. The number of aromatic nitrogens is 2. The highest BCUT2D eigenvalue weighted by atomic mass is 16.6. The second-order valence-corrected chi connectivity index (χ2v) is 7.23. The Bertz CT molecular complexity index is 1100. The van der Waals surface area contributed by atoms with E-state index < -0.39 is 0 Å². The zero-order valence-corrected chi connectivity index (χ0v) is 16.7. The standard InChI is InChI=1S/C22H21N5O4/c28-21(24-16-2-4-17(5-3-16)27-9-1-8-23-27)15-25-10-11-26(22(25)29)18-6-7-19-20(14-18)31-13-12-30-19/h1-9,14H,10-13,15H2,(H,24,28). The molecule has 31 heavy (non-hydrogen) atoms. The van der Waals surface area contributed by atoms with Gasteiger partial charge < -0.3 is 19.7 Å². The van der Waals surface area contributed by atoms with Gasteiger partial charge in [-0.05, 0) is 42.5 Å². The summed E-state index contributed by atoms with van der Waals surface area (Å²) in [5.74, 6) is 1.06. The predicted molar refractivity (Wildman–Crippen MR) is 114 cm³/mol. The van der Waals surface area contributed by atoms with Crippen LogP contribution in [0, 0.1) is 0 Å². The SMILES string of the molecule is O=C(CN1CCN(c2ccc3c(c2)OCCO3)C1=O)Nc1ccc(-n2cccn2)cc1. The van der Waals surface area contributed by atoms with Gasteiger partial charge in [-0.3, -0.25) is 9.69 Å². The third-order valence-corrected chi connectivity index (χ3v) is 5.19. The Morgan fingerprint density at radius 3 is 2.55 bits per heavy atom. The van der Waals surface area contributed by atoms with E-state index in [1.54, 1.807) is 27.9 Å². The molecule has 0 saturated carbocycles. The average Bonchev–Trinajstić information content (AvgIpc) is 3.45. The van der Waals surface area contributed by atoms with Crippen LogP contribution in [0.4, 0.5) is 16.2 Å². The lowest BCUT2D eigenvalue weighted by Gasteiger charge is -2.22. The lowest BCUT2D eigenvalue weighted by atomic mass is 10.2. The molecule has 2 aromatic carbocycles. The highest BCUT2D eigenvalue weighted by molar-refractivity contribution is 5.99. The first-order chi connectivity index (χ1) is 15.2. The summed E-state index contributed by atoms with van der Waals surface area (Å²) in [6.45, 7) is 1.97. The first kappa shape index (κ1) is 19.0. The van der Waals surface area contributed by atoms with Crippen molar-refractivity contribution in [3.8, 4) is 17.2 Å². The first-order valence-electron chi connectivity index (χ1n) is 10.0. The van der Waals surface area contributed by atoms with Gasteiger partial charge in [0.05, 0.1) is 5.69 Å². The van der Waals surface area contributed by atoms with Crippen molar-refractivity contribution in [2.45, 2.75) is 0 Å². The van der Waals surface area contributed by atoms with Gasteiger partial charge >= 0.3 is 6.03 Å². The lowest BCUT2D eigenvalue weighted by Crippen LogP contribution is -2.37. The van der Waals surface area contributed by atoms with E-state index in [9.17, 15) is 9.59 Å². The number of amides is 3. The number of nitrogens with one attached hydrogen (secondary N) is 1. The van der Waals surface area contributed by atoms with Gasteiger partial charge in [-0.15, -0.1) is 0 Å². The Kier molecular flexibility index (Phi) is 4.91. The van der Waals surface area contributed by atoms with E-state index in [1.807, 2.05) is 42.6 Å². The zero-order chi connectivity index (χ0) is 21.2. The van der Waals surface area contributed by atoms with E-state index in [0.717, 1.165) is 11.4 Å². The summed E-state index contributed by atoms with van der Waals surface area (Å²) < 4.78 is 12.9. The van der Waals surface area contributed by atoms with Gasteiger partial charge in [0.2, 0.25) is 5.91 Å². The number of hydrogen-bond acceptors (Lipinski definition) is 5. The van der Waals surface area contributed by atoms with Crippen LogP contribution < -0.4 is 19.7 Å². The molecule has 1 aromatic heterocycles. The van der Waals surface area contributed by atoms with Gasteiger partial charge in [0.25, 0.3) is 0 Å². The number of anilines is 2. The molecule has 0 atom stereocenters. The van der Waals surface area contributed by atoms with Gasteiger partial charge in [-0.1, -0.05) is 0 Å². The third kappa shape index (κ3) is 3.89. The topological polar surface area (TPSA) is 88.9 Å². The van der Waals surface area contributed by atoms with Gasteiger partial charge in [-0.2, -0.15) is 5.10 Å². The maximum Gasteiger partial charge on any atom is 0.325 e. The number of carbonyl (C=O) groups is 2. The van der Waals surface area contributed by atoms with Crippen LogP contribution in [0.2, 0.25) is 0 Å². The minimum atomic E-state index is -0.246. The Morgan fingerprint density at radius 2 is 1.77 bits per heavy atom. The first-order valence-corrected chi connectivity index (χ1v) is 10.0. The summed E-state index contributed by atoms with van der Waals surface area (Å²) in [5, 5.41) is 7.02. The van der Waals surface area contributed by atoms with E-state index in [1.165, 1.54) is 4.90 Å². The quantitative estimate of drug-likeness (QED) is 0.687. The summed E-state index contributed by atoms with van der Waals surface area (Å²) in [4.78, 5) is 28.5. The van der Waals surface area contributed by atoms with E-state index >= 15 is 0 Å². The summed E-state index contributed by atoms with van der Waals surface area (Å²) >= 11 is 0. The lowest BCUT2D eigenvalue weighted by molar-refractivity contribution is -0.116. The normalized spacial score (nSPS) is 15.3. The highest BCUT2D eigenvalue weighted by Crippen LogP contribution is 2.35. The number of rotatable bonds is 5. The van der Waals surface area contributed by atoms with E-state index in [4.69, 9.17) is 9.47 Å². The molecular weight excluding hydrogens is 398 g/mol. The number of urea groups is 1. The molecule has 9 nitrogen and oxygen atoms in total. The van der Waals surface area contributed by atoms with Crippen molar-refractivity contribution in [3.05, 3.63) is 60.9 Å². The molecule has 3 amide bonds. The van der Waals surface area contributed by atoms with Crippen molar-refractivity contribution < 1.29 is 19.1 Å². The number of nitrogens with zero attached hydrogens (tertiary/aromatic N) is 4. The average molecular weight is 419 g/mol. The minimum Gasteiger partial charge on any atom is -0.486 e. The van der Waals surface area contributed by atoms with Crippen molar-refractivity contribution in [2.24, 2.45) is 0 Å². The molecule has 2 aliphatic heterocycles. The monoisotopic (exact) mass is 419 g/mol. The minimum absolute atomic E-state index is 0.0131. The van der Waals surface area contributed by atoms with Crippen LogP contribution in [0.25, 0.3) is 5.69 Å². The summed E-state index contributed by atoms with van der Waals surface area (Å²) in [6.07, 6.45) is 3.55. The maximum atomic E-state index is 12.8. The van der Waals surface area contributed by atoms with Crippen LogP contribution in [-0.2, 0) is 4.79 Å². The molecule has 3 heterocycles. The van der Waals surface area contributed by atoms with Gasteiger partial charge in [-0.25, -0.2) is 9.48 Å². The Labute approximate surface area is 178 Å². The Hall–Kier alpha value is -4.01. The van der Waals surface area contributed by atoms with Crippen LogP contribution in [0.1, 0.15) is 0 Å². The summed E-state index contributed by atoms with van der Waals surface area (Å²) in [6, 6.07) is 14.4. The Morgan fingerprint density at radius 1 is 1.00 bits per heavy atom.